The number of amides is 1. The topological polar surface area (TPSA) is 112 Å². The summed E-state index contributed by atoms with van der Waals surface area (Å²) in [6.07, 6.45) is 7.39. The molecule has 0 aliphatic rings. The molecule has 0 bridgehead atoms. The number of carbonyl (C=O) groups is 1. The Hall–Kier alpha value is -4.44. The van der Waals surface area contributed by atoms with Crippen molar-refractivity contribution in [3.63, 3.8) is 0 Å². The Morgan fingerprint density at radius 1 is 1.11 bits per heavy atom. The number of anilines is 1. The van der Waals surface area contributed by atoms with Gasteiger partial charge >= 0.3 is 0 Å². The summed E-state index contributed by atoms with van der Waals surface area (Å²) < 4.78 is 13.7. The summed E-state index contributed by atoms with van der Waals surface area (Å²) in [6, 6.07) is 12.9. The number of nitrogens with one attached hydrogen (secondary N) is 3. The molecule has 3 N–H and O–H groups in total. The number of rotatable bonds is 7. The highest BCUT2D eigenvalue weighted by molar-refractivity contribution is 7.14. The maximum Gasteiger partial charge on any atom is 0.224 e. The van der Waals surface area contributed by atoms with Crippen LogP contribution in [0.15, 0.2) is 61.1 Å². The summed E-state index contributed by atoms with van der Waals surface area (Å²) in [5, 5.41) is 11.1. The predicted molar refractivity (Wildman–Crippen MR) is 144 cm³/mol. The van der Waals surface area contributed by atoms with E-state index in [2.05, 4.69) is 37.4 Å². The minimum Gasteiger partial charge on any atom is -0.325 e. The maximum atomic E-state index is 13.7. The highest BCUT2D eigenvalue weighted by Crippen LogP contribution is 2.34. The lowest BCUT2D eigenvalue weighted by molar-refractivity contribution is -0.116. The van der Waals surface area contributed by atoms with E-state index < -0.39 is 0 Å². The third-order valence-electron chi connectivity index (χ3n) is 6.12. The lowest BCUT2D eigenvalue weighted by Crippen LogP contribution is -2.11. The fourth-order valence-corrected chi connectivity index (χ4v) is 5.04. The van der Waals surface area contributed by atoms with Crippen LogP contribution >= 0.6 is 11.3 Å². The molecule has 0 saturated carbocycles. The molecule has 0 aliphatic carbocycles. The SMILES string of the molecule is CCCCC(=O)Nc1cncc(-c2ccc3[nH]nc(-c4nc5c(-c6ccc(F)s6)ccnc5[nH]4)c3c2)c1. The molecule has 8 nitrogen and oxygen atoms in total. The number of carbonyl (C=O) groups excluding carboxylic acids is 1. The zero-order valence-corrected chi connectivity index (χ0v) is 20.7. The second-order valence-electron chi connectivity index (χ2n) is 8.69. The van der Waals surface area contributed by atoms with Gasteiger partial charge in [0.2, 0.25) is 5.91 Å². The molecule has 184 valence electrons. The van der Waals surface area contributed by atoms with Gasteiger partial charge in [-0.3, -0.25) is 14.9 Å². The number of thiophene rings is 1. The van der Waals surface area contributed by atoms with Gasteiger partial charge in [-0.1, -0.05) is 19.4 Å². The molecule has 6 aromatic rings. The van der Waals surface area contributed by atoms with Gasteiger partial charge in [-0.05, 0) is 48.4 Å². The Morgan fingerprint density at radius 3 is 2.86 bits per heavy atom. The fourth-order valence-electron chi connectivity index (χ4n) is 4.28. The largest absolute Gasteiger partial charge is 0.325 e. The number of H-pyrrole nitrogens is 2. The first-order chi connectivity index (χ1) is 18.1. The Morgan fingerprint density at radius 2 is 2.03 bits per heavy atom. The van der Waals surface area contributed by atoms with E-state index in [-0.39, 0.29) is 11.0 Å². The van der Waals surface area contributed by atoms with Crippen LogP contribution in [0, 0.1) is 5.13 Å². The van der Waals surface area contributed by atoms with E-state index in [1.54, 1.807) is 24.7 Å². The Balaban J connectivity index is 1.37. The van der Waals surface area contributed by atoms with Crippen LogP contribution < -0.4 is 5.32 Å². The quantitative estimate of drug-likeness (QED) is 0.225. The molecule has 0 unspecified atom stereocenters. The first-order valence-electron chi connectivity index (χ1n) is 11.9. The van der Waals surface area contributed by atoms with Gasteiger partial charge in [0, 0.05) is 40.2 Å². The highest BCUT2D eigenvalue weighted by Gasteiger charge is 2.17. The summed E-state index contributed by atoms with van der Waals surface area (Å²) in [7, 11) is 0. The minimum atomic E-state index is -0.249. The number of nitrogens with zero attached hydrogens (tertiary/aromatic N) is 4. The van der Waals surface area contributed by atoms with E-state index >= 15 is 0 Å². The normalized spacial score (nSPS) is 11.4. The van der Waals surface area contributed by atoms with E-state index in [4.69, 9.17) is 4.98 Å². The maximum absolute atomic E-state index is 13.7. The number of benzene rings is 1. The molecule has 5 aromatic heterocycles. The van der Waals surface area contributed by atoms with Gasteiger partial charge in [0.1, 0.15) is 11.2 Å². The molecule has 10 heteroatoms. The number of aromatic nitrogens is 6. The van der Waals surface area contributed by atoms with Crippen molar-refractivity contribution < 1.29 is 9.18 Å². The summed E-state index contributed by atoms with van der Waals surface area (Å²) in [5.74, 6) is 0.543. The third-order valence-corrected chi connectivity index (χ3v) is 7.03. The number of imidazole rings is 1. The van der Waals surface area contributed by atoms with Crippen molar-refractivity contribution in [3.05, 3.63) is 66.2 Å². The highest BCUT2D eigenvalue weighted by atomic mass is 32.1. The van der Waals surface area contributed by atoms with Crippen LogP contribution in [0.5, 0.6) is 0 Å². The molecule has 0 aliphatic heterocycles. The van der Waals surface area contributed by atoms with Crippen LogP contribution in [-0.2, 0) is 4.79 Å². The molecule has 37 heavy (non-hydrogen) atoms. The van der Waals surface area contributed by atoms with E-state index in [1.165, 1.54) is 6.07 Å². The van der Waals surface area contributed by atoms with E-state index in [1.807, 2.05) is 30.3 Å². The number of fused-ring (bicyclic) bond motifs is 2. The molecular weight excluding hydrogens is 489 g/mol. The molecule has 0 fully saturated rings. The van der Waals surface area contributed by atoms with Crippen LogP contribution in [0.25, 0.3) is 55.2 Å². The Bertz CT molecular complexity index is 1750. The lowest BCUT2D eigenvalue weighted by Gasteiger charge is -2.07. The average molecular weight is 512 g/mol. The molecule has 0 atom stereocenters. The Labute approximate surface area is 215 Å². The van der Waals surface area contributed by atoms with Gasteiger partial charge in [-0.25, -0.2) is 9.97 Å². The van der Waals surface area contributed by atoms with Crippen molar-refractivity contribution in [3.8, 4) is 33.1 Å². The molecule has 0 spiro atoms. The van der Waals surface area contributed by atoms with Crippen molar-refractivity contribution in [2.45, 2.75) is 26.2 Å². The van der Waals surface area contributed by atoms with Crippen molar-refractivity contribution in [1.82, 2.24) is 30.1 Å². The van der Waals surface area contributed by atoms with Crippen LogP contribution in [0.3, 0.4) is 0 Å². The number of aromatic amines is 2. The second kappa shape index (κ2) is 9.55. The van der Waals surface area contributed by atoms with E-state index in [0.717, 1.165) is 56.6 Å². The predicted octanol–water partition coefficient (Wildman–Crippen LogP) is 6.56. The van der Waals surface area contributed by atoms with Crippen molar-refractivity contribution in [2.75, 3.05) is 5.32 Å². The third kappa shape index (κ3) is 4.47. The zero-order valence-electron chi connectivity index (χ0n) is 19.9. The average Bonchev–Trinajstić information content (AvgIpc) is 3.64. The van der Waals surface area contributed by atoms with E-state index in [0.29, 0.717) is 34.8 Å². The standard InChI is InChI=1S/C27H22FN7OS/c1-2-3-4-23(36)31-17-11-16(13-29-14-17)15-5-6-20-19(12-15)25(35-34-20)27-32-24-18(9-10-30-26(24)33-27)21-7-8-22(28)37-21/h5-14H,2-4H2,1H3,(H,31,36)(H,34,35)(H,30,32,33). The molecule has 0 radical (unpaired) electrons. The van der Waals surface area contributed by atoms with Gasteiger partial charge in [0.15, 0.2) is 16.6 Å². The first-order valence-corrected chi connectivity index (χ1v) is 12.7. The zero-order chi connectivity index (χ0) is 25.4. The number of hydrogen-bond donors (Lipinski definition) is 3. The van der Waals surface area contributed by atoms with Crippen LogP contribution in [0.2, 0.25) is 0 Å². The number of hydrogen-bond acceptors (Lipinski definition) is 6. The van der Waals surface area contributed by atoms with Crippen LogP contribution in [-0.4, -0.2) is 36.0 Å². The lowest BCUT2D eigenvalue weighted by atomic mass is 10.0. The van der Waals surface area contributed by atoms with Crippen molar-refractivity contribution >= 4 is 45.0 Å². The summed E-state index contributed by atoms with van der Waals surface area (Å²) in [6.45, 7) is 2.06. The van der Waals surface area contributed by atoms with Crippen molar-refractivity contribution in [2.24, 2.45) is 0 Å². The van der Waals surface area contributed by atoms with Gasteiger partial charge < -0.3 is 10.3 Å². The molecular formula is C27H22FN7OS. The molecule has 6 rings (SSSR count). The van der Waals surface area contributed by atoms with Gasteiger partial charge in [0.25, 0.3) is 0 Å². The van der Waals surface area contributed by atoms with Crippen LogP contribution in [0.4, 0.5) is 10.1 Å². The first kappa shape index (κ1) is 23.0. The van der Waals surface area contributed by atoms with Crippen LogP contribution in [0.1, 0.15) is 26.2 Å². The molecule has 0 saturated heterocycles. The van der Waals surface area contributed by atoms with Gasteiger partial charge in [-0.15, -0.1) is 11.3 Å². The second-order valence-corrected chi connectivity index (χ2v) is 9.73. The van der Waals surface area contributed by atoms with Gasteiger partial charge in [-0.2, -0.15) is 9.49 Å². The number of halogens is 1. The summed E-state index contributed by atoms with van der Waals surface area (Å²) >= 11 is 1.07. The molecule has 1 amide bonds. The monoisotopic (exact) mass is 511 g/mol. The minimum absolute atomic E-state index is 0.0171. The summed E-state index contributed by atoms with van der Waals surface area (Å²) in [5.41, 5.74) is 6.02. The number of unbranched alkanes of at least 4 members (excludes halogenated alkanes) is 1. The molecule has 1 aromatic carbocycles. The fraction of sp³-hybridized carbons (Fsp3) is 0.148. The smallest absolute Gasteiger partial charge is 0.224 e. The molecule has 5 heterocycles. The Kier molecular flexibility index (Phi) is 5.93. The van der Waals surface area contributed by atoms with Crippen molar-refractivity contribution in [1.29, 1.82) is 0 Å². The summed E-state index contributed by atoms with van der Waals surface area (Å²) in [4.78, 5) is 29.7. The number of pyridine rings is 2. The van der Waals surface area contributed by atoms with Gasteiger partial charge in [0.05, 0.1) is 17.4 Å². The van der Waals surface area contributed by atoms with E-state index in [9.17, 15) is 9.18 Å².